The van der Waals surface area contributed by atoms with Crippen molar-refractivity contribution in [2.45, 2.75) is 23.1 Å². The van der Waals surface area contributed by atoms with Gasteiger partial charge in [-0.15, -0.1) is 0 Å². The van der Waals surface area contributed by atoms with Gasteiger partial charge >= 0.3 is 0 Å². The molecule has 1 aliphatic rings. The Morgan fingerprint density at radius 2 is 2.00 bits per heavy atom. The van der Waals surface area contributed by atoms with Crippen LogP contribution in [0.3, 0.4) is 0 Å². The molecule has 2 aromatic rings. The summed E-state index contributed by atoms with van der Waals surface area (Å²) < 4.78 is 27.7. The van der Waals surface area contributed by atoms with Crippen molar-refractivity contribution >= 4 is 10.0 Å². The van der Waals surface area contributed by atoms with Gasteiger partial charge in [-0.2, -0.15) is 9.40 Å². The van der Waals surface area contributed by atoms with E-state index >= 15 is 0 Å². The van der Waals surface area contributed by atoms with E-state index in [2.05, 4.69) is 5.10 Å². The number of aliphatic hydroxyl groups is 2. The first-order valence-corrected chi connectivity index (χ1v) is 8.29. The van der Waals surface area contributed by atoms with Gasteiger partial charge in [0.1, 0.15) is 5.60 Å². The molecule has 0 bridgehead atoms. The Morgan fingerprint density at radius 3 is 2.64 bits per heavy atom. The van der Waals surface area contributed by atoms with Crippen LogP contribution in [0, 0.1) is 0 Å². The molecule has 118 valence electrons. The van der Waals surface area contributed by atoms with Crippen LogP contribution in [0.4, 0.5) is 0 Å². The normalized spacial score (nSPS) is 26.4. The third-order valence-corrected chi connectivity index (χ3v) is 5.65. The number of hydrogen-bond donors (Lipinski definition) is 2. The molecule has 0 amide bonds. The molecule has 3 rings (SSSR count). The highest BCUT2D eigenvalue weighted by molar-refractivity contribution is 7.89. The Kier molecular flexibility index (Phi) is 3.77. The van der Waals surface area contributed by atoms with Gasteiger partial charge < -0.3 is 10.2 Å². The van der Waals surface area contributed by atoms with Gasteiger partial charge in [-0.05, 0) is 18.2 Å². The van der Waals surface area contributed by atoms with Crippen LogP contribution in [0.5, 0.6) is 0 Å². The van der Waals surface area contributed by atoms with Crippen molar-refractivity contribution < 1.29 is 18.6 Å². The van der Waals surface area contributed by atoms with Crippen molar-refractivity contribution in [3.8, 4) is 0 Å². The van der Waals surface area contributed by atoms with E-state index < -0.39 is 21.7 Å². The molecule has 0 aliphatic carbocycles. The molecule has 1 saturated heterocycles. The predicted molar refractivity (Wildman–Crippen MR) is 78.4 cm³/mol. The van der Waals surface area contributed by atoms with Gasteiger partial charge in [-0.1, -0.05) is 18.2 Å². The van der Waals surface area contributed by atoms with E-state index in [0.717, 1.165) is 4.31 Å². The minimum atomic E-state index is -3.74. The van der Waals surface area contributed by atoms with Crippen LogP contribution in [0.25, 0.3) is 0 Å². The first-order valence-electron chi connectivity index (χ1n) is 6.85. The molecule has 1 fully saturated rings. The van der Waals surface area contributed by atoms with E-state index in [1.54, 1.807) is 36.7 Å². The minimum absolute atomic E-state index is 0.0297. The van der Waals surface area contributed by atoms with Crippen LogP contribution < -0.4 is 0 Å². The van der Waals surface area contributed by atoms with Crippen LogP contribution in [0.2, 0.25) is 0 Å². The third-order valence-electron chi connectivity index (χ3n) is 3.82. The number of aliphatic hydroxyl groups excluding tert-OH is 1. The molecule has 22 heavy (non-hydrogen) atoms. The fraction of sp³-hybridized carbons (Fsp3) is 0.357. The summed E-state index contributed by atoms with van der Waals surface area (Å²) in [5, 5.41) is 24.7. The highest BCUT2D eigenvalue weighted by atomic mass is 32.2. The van der Waals surface area contributed by atoms with E-state index in [1.165, 1.54) is 16.8 Å². The molecule has 1 aromatic carbocycles. The summed E-state index contributed by atoms with van der Waals surface area (Å²) in [5.41, 5.74) is -1.56. The number of rotatable bonds is 4. The summed E-state index contributed by atoms with van der Waals surface area (Å²) >= 11 is 0. The highest BCUT2D eigenvalue weighted by Gasteiger charge is 2.49. The maximum Gasteiger partial charge on any atom is 0.243 e. The van der Waals surface area contributed by atoms with Crippen molar-refractivity contribution in [3.63, 3.8) is 0 Å². The standard InChI is InChI=1S/C14H17N3O4S/c18-13-9-17(22(20,21)12-5-2-1-3-6-12)11-14(13,19)10-16-8-4-7-15-16/h1-8,13,18-19H,9-11H2/t13-,14+/m1/s1. The number of β-amino-alcohol motifs (C(OH)–C–C–N with tert-alkyl or cyclic N) is 2. The number of hydrogen-bond acceptors (Lipinski definition) is 5. The quantitative estimate of drug-likeness (QED) is 0.804. The largest absolute Gasteiger partial charge is 0.389 e. The monoisotopic (exact) mass is 323 g/mol. The number of aromatic nitrogens is 2. The molecule has 8 heteroatoms. The van der Waals surface area contributed by atoms with E-state index in [9.17, 15) is 18.6 Å². The molecular formula is C14H17N3O4S. The minimum Gasteiger partial charge on any atom is -0.389 e. The van der Waals surface area contributed by atoms with Gasteiger partial charge in [0.15, 0.2) is 0 Å². The summed E-state index contributed by atoms with van der Waals surface area (Å²) in [5.74, 6) is 0. The van der Waals surface area contributed by atoms with Crippen molar-refractivity contribution in [2.24, 2.45) is 0 Å². The summed E-state index contributed by atoms with van der Waals surface area (Å²) in [6.45, 7) is -0.289. The lowest BCUT2D eigenvalue weighted by atomic mass is 10.0. The topological polar surface area (TPSA) is 95.7 Å². The second-order valence-corrected chi connectivity index (χ2v) is 7.37. The number of nitrogens with zero attached hydrogens (tertiary/aromatic N) is 3. The second-order valence-electron chi connectivity index (χ2n) is 5.43. The Balaban J connectivity index is 1.84. The SMILES string of the molecule is O=S(=O)(c1ccccc1)N1C[C@@H](O)[C@](O)(Cn2cccn2)C1. The van der Waals surface area contributed by atoms with Crippen molar-refractivity contribution in [3.05, 3.63) is 48.8 Å². The summed E-state index contributed by atoms with van der Waals surface area (Å²) in [7, 11) is -3.74. The molecule has 0 saturated carbocycles. The number of benzene rings is 1. The first kappa shape index (κ1) is 15.2. The molecule has 7 nitrogen and oxygen atoms in total. The summed E-state index contributed by atoms with van der Waals surface area (Å²) in [6, 6.07) is 9.68. The average molecular weight is 323 g/mol. The highest BCUT2D eigenvalue weighted by Crippen LogP contribution is 2.28. The Morgan fingerprint density at radius 1 is 1.27 bits per heavy atom. The molecule has 1 aromatic heterocycles. The van der Waals surface area contributed by atoms with E-state index in [4.69, 9.17) is 0 Å². The molecule has 1 aliphatic heterocycles. The lowest BCUT2D eigenvalue weighted by molar-refractivity contribution is -0.0536. The van der Waals surface area contributed by atoms with Crippen LogP contribution in [0.15, 0.2) is 53.7 Å². The third kappa shape index (κ3) is 2.66. The zero-order chi connectivity index (χ0) is 15.8. The van der Waals surface area contributed by atoms with Crippen LogP contribution in [-0.4, -0.2) is 57.5 Å². The molecule has 2 atom stereocenters. The van der Waals surface area contributed by atoms with Crippen molar-refractivity contribution in [1.29, 1.82) is 0 Å². The van der Waals surface area contributed by atoms with Crippen molar-refractivity contribution in [1.82, 2.24) is 14.1 Å². The average Bonchev–Trinajstić information content (AvgIpc) is 3.09. The van der Waals surface area contributed by atoms with E-state index in [1.807, 2.05) is 0 Å². The smallest absolute Gasteiger partial charge is 0.243 e. The zero-order valence-electron chi connectivity index (χ0n) is 11.8. The Hall–Kier alpha value is -1.74. The molecular weight excluding hydrogens is 306 g/mol. The Bertz CT molecular complexity index is 733. The van der Waals surface area contributed by atoms with Crippen molar-refractivity contribution in [2.75, 3.05) is 13.1 Å². The first-order chi connectivity index (χ1) is 10.4. The lowest BCUT2D eigenvalue weighted by Gasteiger charge is -2.25. The summed E-state index contributed by atoms with van der Waals surface area (Å²) in [6.07, 6.45) is 2.04. The van der Waals surface area contributed by atoms with Crippen LogP contribution in [-0.2, 0) is 16.6 Å². The molecule has 0 spiro atoms. The molecule has 0 radical (unpaired) electrons. The molecule has 0 unspecified atom stereocenters. The summed E-state index contributed by atoms with van der Waals surface area (Å²) in [4.78, 5) is 0.144. The Labute approximate surface area is 128 Å². The van der Waals surface area contributed by atoms with E-state index in [-0.39, 0.29) is 24.5 Å². The van der Waals surface area contributed by atoms with Gasteiger partial charge in [0.05, 0.1) is 17.5 Å². The van der Waals surface area contributed by atoms with Gasteiger partial charge in [0.25, 0.3) is 0 Å². The number of sulfonamides is 1. The fourth-order valence-electron chi connectivity index (χ4n) is 2.59. The fourth-order valence-corrected chi connectivity index (χ4v) is 4.12. The van der Waals surface area contributed by atoms with Gasteiger partial charge in [-0.25, -0.2) is 8.42 Å². The zero-order valence-corrected chi connectivity index (χ0v) is 12.6. The second kappa shape index (κ2) is 5.47. The van der Waals surface area contributed by atoms with Crippen LogP contribution >= 0.6 is 0 Å². The van der Waals surface area contributed by atoms with Gasteiger partial charge in [-0.3, -0.25) is 4.68 Å². The van der Waals surface area contributed by atoms with Gasteiger partial charge in [0.2, 0.25) is 10.0 Å². The molecule has 2 heterocycles. The predicted octanol–water partition coefficient (Wildman–Crippen LogP) is -0.320. The van der Waals surface area contributed by atoms with E-state index in [0.29, 0.717) is 0 Å². The van der Waals surface area contributed by atoms with Gasteiger partial charge in [0, 0.05) is 25.5 Å². The van der Waals surface area contributed by atoms with Crippen LogP contribution in [0.1, 0.15) is 0 Å². The maximum atomic E-state index is 12.6. The lowest BCUT2D eigenvalue weighted by Crippen LogP contribution is -2.46. The molecule has 2 N–H and O–H groups in total. The maximum absolute atomic E-state index is 12.6.